The summed E-state index contributed by atoms with van der Waals surface area (Å²) >= 11 is 0. The Kier molecular flexibility index (Phi) is 8.92. The highest BCUT2D eigenvalue weighted by molar-refractivity contribution is 5.76. The van der Waals surface area contributed by atoms with Crippen molar-refractivity contribution in [1.29, 1.82) is 0 Å². The number of hydrogen-bond donors (Lipinski definition) is 3. The summed E-state index contributed by atoms with van der Waals surface area (Å²) in [6.07, 6.45) is 2.99. The van der Waals surface area contributed by atoms with Crippen LogP contribution in [0.5, 0.6) is 0 Å². The molecule has 0 unspecified atom stereocenters. The van der Waals surface area contributed by atoms with Crippen molar-refractivity contribution >= 4 is 11.9 Å². The van der Waals surface area contributed by atoms with Gasteiger partial charge in [0.25, 0.3) is 0 Å². The maximum absolute atomic E-state index is 12.4. The lowest BCUT2D eigenvalue weighted by Gasteiger charge is -2.31. The maximum Gasteiger partial charge on any atom is 0.312 e. The summed E-state index contributed by atoms with van der Waals surface area (Å²) in [6, 6.07) is 9.58. The van der Waals surface area contributed by atoms with E-state index >= 15 is 0 Å². The smallest absolute Gasteiger partial charge is 0.312 e. The first-order valence-electron chi connectivity index (χ1n) is 9.33. The van der Waals surface area contributed by atoms with Crippen LogP contribution >= 0.6 is 0 Å². The van der Waals surface area contributed by atoms with Gasteiger partial charge in [0.05, 0.1) is 19.3 Å². The van der Waals surface area contributed by atoms with Crippen LogP contribution in [-0.2, 0) is 9.53 Å². The highest BCUT2D eigenvalue weighted by atomic mass is 16.5. The number of nitrogens with two attached hydrogens (primary N) is 1. The van der Waals surface area contributed by atoms with Crippen molar-refractivity contribution in [3.63, 3.8) is 0 Å². The van der Waals surface area contributed by atoms with Gasteiger partial charge in [-0.2, -0.15) is 0 Å². The van der Waals surface area contributed by atoms with Crippen LogP contribution in [0.4, 0.5) is 4.79 Å². The first kappa shape index (κ1) is 20.2. The second-order valence-corrected chi connectivity index (χ2v) is 6.55. The quantitative estimate of drug-likeness (QED) is 0.548. The van der Waals surface area contributed by atoms with Crippen molar-refractivity contribution in [1.82, 2.24) is 15.5 Å². The highest BCUT2D eigenvalue weighted by Gasteiger charge is 2.19. The van der Waals surface area contributed by atoms with Crippen molar-refractivity contribution in [2.24, 2.45) is 5.73 Å². The van der Waals surface area contributed by atoms with Gasteiger partial charge >= 0.3 is 6.03 Å². The molecule has 0 aromatic heterocycles. The average Bonchev–Trinajstić information content (AvgIpc) is 2.65. The molecule has 26 heavy (non-hydrogen) atoms. The Bertz CT molecular complexity index is 547. The Hall–Kier alpha value is -2.12. The summed E-state index contributed by atoms with van der Waals surface area (Å²) in [4.78, 5) is 25.3. The number of nitrogens with one attached hydrogen (secondary N) is 2. The summed E-state index contributed by atoms with van der Waals surface area (Å²) in [7, 11) is 0. The fraction of sp³-hybridized carbons (Fsp3) is 0.579. The number of unbranched alkanes of at least 4 members (excludes halogenated alkanes) is 2. The topological polar surface area (TPSA) is 96.7 Å². The molecule has 3 amide bonds. The van der Waals surface area contributed by atoms with Crippen LogP contribution in [0.3, 0.4) is 0 Å². The second-order valence-electron chi connectivity index (χ2n) is 6.55. The molecule has 1 fully saturated rings. The van der Waals surface area contributed by atoms with Crippen LogP contribution < -0.4 is 16.4 Å². The number of carbonyl (C=O) groups excluding carboxylic acids is 2. The zero-order chi connectivity index (χ0) is 18.6. The molecule has 1 aromatic carbocycles. The number of urea groups is 1. The molecule has 1 heterocycles. The van der Waals surface area contributed by atoms with E-state index in [2.05, 4.69) is 27.7 Å². The third kappa shape index (κ3) is 7.84. The van der Waals surface area contributed by atoms with E-state index in [1.807, 2.05) is 18.2 Å². The molecule has 1 atom stereocenters. The van der Waals surface area contributed by atoms with Crippen LogP contribution in [0, 0.1) is 0 Å². The van der Waals surface area contributed by atoms with Crippen molar-refractivity contribution in [2.45, 2.75) is 31.7 Å². The minimum Gasteiger partial charge on any atom is -0.379 e. The first-order valence-corrected chi connectivity index (χ1v) is 9.33. The predicted octanol–water partition coefficient (Wildman–Crippen LogP) is 1.40. The largest absolute Gasteiger partial charge is 0.379 e. The first-order chi connectivity index (χ1) is 12.6. The Morgan fingerprint density at radius 2 is 1.85 bits per heavy atom. The Labute approximate surface area is 155 Å². The van der Waals surface area contributed by atoms with Crippen molar-refractivity contribution in [3.05, 3.63) is 35.9 Å². The molecule has 0 spiro atoms. The van der Waals surface area contributed by atoms with E-state index in [0.717, 1.165) is 57.7 Å². The fourth-order valence-corrected chi connectivity index (χ4v) is 3.03. The van der Waals surface area contributed by atoms with E-state index in [-0.39, 0.29) is 11.9 Å². The number of amides is 3. The maximum atomic E-state index is 12.4. The van der Waals surface area contributed by atoms with Crippen LogP contribution in [0.1, 0.15) is 37.3 Å². The highest BCUT2D eigenvalue weighted by Crippen LogP contribution is 2.16. The van der Waals surface area contributed by atoms with E-state index in [1.54, 1.807) is 0 Å². The van der Waals surface area contributed by atoms with E-state index in [9.17, 15) is 9.59 Å². The molecule has 7 heteroatoms. The number of morpholine rings is 1. The van der Waals surface area contributed by atoms with Crippen molar-refractivity contribution < 1.29 is 14.3 Å². The van der Waals surface area contributed by atoms with E-state index in [1.165, 1.54) is 0 Å². The summed E-state index contributed by atoms with van der Waals surface area (Å²) in [5, 5.41) is 5.73. The van der Waals surface area contributed by atoms with Crippen molar-refractivity contribution in [3.8, 4) is 0 Å². The number of carbonyl (C=O) groups is 2. The Morgan fingerprint density at radius 1 is 1.12 bits per heavy atom. The minimum atomic E-state index is -0.503. The van der Waals surface area contributed by atoms with Gasteiger partial charge in [0.1, 0.15) is 0 Å². The Balaban J connectivity index is 1.77. The van der Waals surface area contributed by atoms with E-state index < -0.39 is 6.03 Å². The van der Waals surface area contributed by atoms with Gasteiger partial charge < -0.3 is 21.1 Å². The number of hydrogen-bond acceptors (Lipinski definition) is 4. The predicted molar refractivity (Wildman–Crippen MR) is 101 cm³/mol. The van der Waals surface area contributed by atoms with Gasteiger partial charge in [-0.05, 0) is 18.4 Å². The molecule has 0 bridgehead atoms. The SMILES string of the molecule is NC(=O)NCCCCCC(=O)N[C@@H](CN1CCOCC1)c1ccccc1. The van der Waals surface area contributed by atoms with Gasteiger partial charge in [-0.1, -0.05) is 36.8 Å². The summed E-state index contributed by atoms with van der Waals surface area (Å²) < 4.78 is 5.41. The second kappa shape index (κ2) is 11.5. The van der Waals surface area contributed by atoms with Gasteiger partial charge in [-0.3, -0.25) is 9.69 Å². The number of rotatable bonds is 10. The fourth-order valence-electron chi connectivity index (χ4n) is 3.03. The summed E-state index contributed by atoms with van der Waals surface area (Å²) in [6.45, 7) is 4.63. The molecule has 2 rings (SSSR count). The molecular formula is C19H30N4O3. The molecule has 1 aliphatic rings. The molecule has 0 radical (unpaired) electrons. The zero-order valence-corrected chi connectivity index (χ0v) is 15.3. The molecule has 0 saturated carbocycles. The zero-order valence-electron chi connectivity index (χ0n) is 15.3. The van der Waals surface area contributed by atoms with E-state index in [4.69, 9.17) is 10.5 Å². The van der Waals surface area contributed by atoms with Gasteiger partial charge in [0.15, 0.2) is 0 Å². The van der Waals surface area contributed by atoms with Crippen LogP contribution in [0.25, 0.3) is 0 Å². The van der Waals surface area contributed by atoms with Gasteiger partial charge in [0.2, 0.25) is 5.91 Å². The summed E-state index contributed by atoms with van der Waals surface area (Å²) in [5.41, 5.74) is 6.14. The lowest BCUT2D eigenvalue weighted by atomic mass is 10.1. The molecule has 1 aliphatic heterocycles. The molecule has 144 valence electrons. The van der Waals surface area contributed by atoms with Gasteiger partial charge in [-0.25, -0.2) is 4.79 Å². The Morgan fingerprint density at radius 3 is 2.54 bits per heavy atom. The third-order valence-electron chi connectivity index (χ3n) is 4.46. The number of benzene rings is 1. The van der Waals surface area contributed by atoms with Gasteiger partial charge in [0, 0.05) is 32.6 Å². The molecule has 7 nitrogen and oxygen atoms in total. The number of ether oxygens (including phenoxy) is 1. The molecule has 0 aliphatic carbocycles. The van der Waals surface area contributed by atoms with Crippen LogP contribution in [0.2, 0.25) is 0 Å². The van der Waals surface area contributed by atoms with E-state index in [0.29, 0.717) is 13.0 Å². The van der Waals surface area contributed by atoms with Gasteiger partial charge in [-0.15, -0.1) is 0 Å². The molecule has 4 N–H and O–H groups in total. The molecule has 1 aromatic rings. The average molecular weight is 362 g/mol. The number of primary amides is 1. The van der Waals surface area contributed by atoms with Crippen molar-refractivity contribution in [2.75, 3.05) is 39.4 Å². The van der Waals surface area contributed by atoms with Crippen LogP contribution in [-0.4, -0.2) is 56.2 Å². The monoisotopic (exact) mass is 362 g/mol. The number of nitrogens with zero attached hydrogens (tertiary/aromatic N) is 1. The van der Waals surface area contributed by atoms with Crippen LogP contribution in [0.15, 0.2) is 30.3 Å². The molecular weight excluding hydrogens is 332 g/mol. The minimum absolute atomic E-state index is 0.0154. The third-order valence-corrected chi connectivity index (χ3v) is 4.46. The standard InChI is InChI=1S/C19H30N4O3/c20-19(25)21-10-6-2-5-9-18(24)22-17(16-7-3-1-4-8-16)15-23-11-13-26-14-12-23/h1,3-4,7-8,17H,2,5-6,9-15H2,(H,22,24)(H3,20,21,25)/t17-/m0/s1. The lowest BCUT2D eigenvalue weighted by Crippen LogP contribution is -2.43. The lowest BCUT2D eigenvalue weighted by molar-refractivity contribution is -0.122. The summed E-state index contributed by atoms with van der Waals surface area (Å²) in [5.74, 6) is 0.0648. The molecule has 1 saturated heterocycles. The normalized spacial score (nSPS) is 16.0.